The van der Waals surface area contributed by atoms with Gasteiger partial charge in [-0.15, -0.1) is 0 Å². The SMILES string of the molecule is CCOC(=O)c1cccc(NC(=S)NCC(CC)Cc2ccccc2)c1. The smallest absolute Gasteiger partial charge is 0.338 e. The van der Waals surface area contributed by atoms with Crippen LogP contribution < -0.4 is 10.6 Å². The predicted octanol–water partition coefficient (Wildman–Crippen LogP) is 4.42. The van der Waals surface area contributed by atoms with Gasteiger partial charge in [-0.1, -0.05) is 49.7 Å². The summed E-state index contributed by atoms with van der Waals surface area (Å²) in [7, 11) is 0. The molecule has 26 heavy (non-hydrogen) atoms. The van der Waals surface area contributed by atoms with Crippen LogP contribution in [0.25, 0.3) is 0 Å². The maximum absolute atomic E-state index is 11.8. The number of carbonyl (C=O) groups is 1. The second-order valence-electron chi connectivity index (χ2n) is 6.10. The van der Waals surface area contributed by atoms with Gasteiger partial charge in [0.2, 0.25) is 0 Å². The Morgan fingerprint density at radius 1 is 1.12 bits per heavy atom. The number of carbonyl (C=O) groups excluding carboxylic acids is 1. The van der Waals surface area contributed by atoms with Crippen LogP contribution in [0.3, 0.4) is 0 Å². The van der Waals surface area contributed by atoms with Crippen LogP contribution in [-0.2, 0) is 11.2 Å². The van der Waals surface area contributed by atoms with Crippen LogP contribution in [0.1, 0.15) is 36.2 Å². The van der Waals surface area contributed by atoms with Crippen molar-refractivity contribution in [3.8, 4) is 0 Å². The van der Waals surface area contributed by atoms with E-state index in [1.165, 1.54) is 5.56 Å². The third-order valence-corrected chi connectivity index (χ3v) is 4.37. The highest BCUT2D eigenvalue weighted by molar-refractivity contribution is 7.80. The second kappa shape index (κ2) is 10.6. The second-order valence-corrected chi connectivity index (χ2v) is 6.51. The molecule has 4 nitrogen and oxygen atoms in total. The lowest BCUT2D eigenvalue weighted by Crippen LogP contribution is -2.33. The zero-order chi connectivity index (χ0) is 18.8. The van der Waals surface area contributed by atoms with Crippen molar-refractivity contribution in [3.05, 3.63) is 65.7 Å². The van der Waals surface area contributed by atoms with Gasteiger partial charge in [0.1, 0.15) is 0 Å². The first-order chi connectivity index (χ1) is 12.6. The molecule has 0 saturated carbocycles. The quantitative estimate of drug-likeness (QED) is 0.532. The number of thiocarbonyl (C=S) groups is 1. The zero-order valence-electron chi connectivity index (χ0n) is 15.3. The van der Waals surface area contributed by atoms with Gasteiger partial charge in [-0.3, -0.25) is 0 Å². The van der Waals surface area contributed by atoms with E-state index >= 15 is 0 Å². The van der Waals surface area contributed by atoms with Crippen LogP contribution in [0.4, 0.5) is 5.69 Å². The fourth-order valence-electron chi connectivity index (χ4n) is 2.66. The van der Waals surface area contributed by atoms with Crippen LogP contribution >= 0.6 is 12.2 Å². The Bertz CT molecular complexity index is 719. The molecule has 138 valence electrons. The highest BCUT2D eigenvalue weighted by Crippen LogP contribution is 2.13. The molecule has 5 heteroatoms. The van der Waals surface area contributed by atoms with Gasteiger partial charge in [0.15, 0.2) is 5.11 Å². The number of esters is 1. The molecular weight excluding hydrogens is 344 g/mol. The Hall–Kier alpha value is -2.40. The third-order valence-electron chi connectivity index (χ3n) is 4.13. The molecule has 2 rings (SSSR count). The molecule has 1 unspecified atom stereocenters. The van der Waals surface area contributed by atoms with E-state index in [1.54, 1.807) is 25.1 Å². The highest BCUT2D eigenvalue weighted by Gasteiger charge is 2.10. The summed E-state index contributed by atoms with van der Waals surface area (Å²) in [5.41, 5.74) is 2.61. The van der Waals surface area contributed by atoms with Crippen molar-refractivity contribution in [2.24, 2.45) is 5.92 Å². The molecule has 0 aliphatic rings. The van der Waals surface area contributed by atoms with E-state index in [1.807, 2.05) is 12.1 Å². The van der Waals surface area contributed by atoms with Gasteiger partial charge in [-0.05, 0) is 55.2 Å². The van der Waals surface area contributed by atoms with Crippen molar-refractivity contribution in [2.75, 3.05) is 18.5 Å². The first-order valence-electron chi connectivity index (χ1n) is 8.98. The van der Waals surface area contributed by atoms with E-state index in [4.69, 9.17) is 17.0 Å². The molecule has 0 heterocycles. The van der Waals surface area contributed by atoms with Crippen molar-refractivity contribution in [1.82, 2.24) is 5.32 Å². The standard InChI is InChI=1S/C21H26N2O2S/c1-3-16(13-17-9-6-5-7-10-17)15-22-21(26)23-19-12-8-11-18(14-19)20(24)25-4-2/h5-12,14,16H,3-4,13,15H2,1-2H3,(H2,22,23,26). The number of benzene rings is 2. The topological polar surface area (TPSA) is 50.4 Å². The molecule has 0 radical (unpaired) electrons. The summed E-state index contributed by atoms with van der Waals surface area (Å²) in [5.74, 6) is 0.173. The van der Waals surface area contributed by atoms with Crippen molar-refractivity contribution in [1.29, 1.82) is 0 Å². The van der Waals surface area contributed by atoms with Gasteiger partial charge in [0.25, 0.3) is 0 Å². The van der Waals surface area contributed by atoms with Gasteiger partial charge in [-0.25, -0.2) is 4.79 Å². The lowest BCUT2D eigenvalue weighted by molar-refractivity contribution is 0.0526. The molecule has 0 aromatic heterocycles. The third kappa shape index (κ3) is 6.48. The van der Waals surface area contributed by atoms with E-state index in [9.17, 15) is 4.79 Å². The zero-order valence-corrected chi connectivity index (χ0v) is 16.1. The summed E-state index contributed by atoms with van der Waals surface area (Å²) in [6, 6.07) is 17.6. The first kappa shape index (κ1) is 19.9. The molecule has 0 bridgehead atoms. The number of ether oxygens (including phenoxy) is 1. The molecule has 2 N–H and O–H groups in total. The minimum atomic E-state index is -0.330. The summed E-state index contributed by atoms with van der Waals surface area (Å²) in [4.78, 5) is 11.8. The van der Waals surface area contributed by atoms with E-state index in [0.717, 1.165) is 25.1 Å². The highest BCUT2D eigenvalue weighted by atomic mass is 32.1. The molecule has 0 amide bonds. The number of hydrogen-bond acceptors (Lipinski definition) is 3. The van der Waals surface area contributed by atoms with Crippen LogP contribution in [0.5, 0.6) is 0 Å². The average molecular weight is 371 g/mol. The summed E-state index contributed by atoms with van der Waals surface area (Å²) in [6.45, 7) is 5.14. The Morgan fingerprint density at radius 2 is 1.88 bits per heavy atom. The molecular formula is C21H26N2O2S. The van der Waals surface area contributed by atoms with E-state index in [0.29, 0.717) is 23.2 Å². The van der Waals surface area contributed by atoms with Crippen LogP contribution in [-0.4, -0.2) is 24.2 Å². The summed E-state index contributed by atoms with van der Waals surface area (Å²) < 4.78 is 5.02. The maximum Gasteiger partial charge on any atom is 0.338 e. The fraction of sp³-hybridized carbons (Fsp3) is 0.333. The molecule has 0 saturated heterocycles. The molecule has 0 fully saturated rings. The molecule has 1 atom stereocenters. The monoisotopic (exact) mass is 370 g/mol. The van der Waals surface area contributed by atoms with Crippen LogP contribution in [0, 0.1) is 5.92 Å². The van der Waals surface area contributed by atoms with Crippen LogP contribution in [0.2, 0.25) is 0 Å². The maximum atomic E-state index is 11.8. The normalized spacial score (nSPS) is 11.5. The lowest BCUT2D eigenvalue weighted by Gasteiger charge is -2.18. The Labute approximate surface area is 161 Å². The summed E-state index contributed by atoms with van der Waals surface area (Å²) in [6.07, 6.45) is 2.09. The summed E-state index contributed by atoms with van der Waals surface area (Å²) >= 11 is 5.39. The minimum Gasteiger partial charge on any atom is -0.462 e. The number of rotatable bonds is 8. The molecule has 2 aromatic carbocycles. The minimum absolute atomic E-state index is 0.330. The van der Waals surface area contributed by atoms with Gasteiger partial charge >= 0.3 is 5.97 Å². The van der Waals surface area contributed by atoms with E-state index in [2.05, 4.69) is 41.8 Å². The molecule has 0 spiro atoms. The van der Waals surface area contributed by atoms with Crippen molar-refractivity contribution in [3.63, 3.8) is 0 Å². The number of nitrogens with one attached hydrogen (secondary N) is 2. The van der Waals surface area contributed by atoms with Gasteiger partial charge < -0.3 is 15.4 Å². The fourth-order valence-corrected chi connectivity index (χ4v) is 2.86. The predicted molar refractivity (Wildman–Crippen MR) is 111 cm³/mol. The average Bonchev–Trinajstić information content (AvgIpc) is 2.66. The molecule has 0 aliphatic carbocycles. The van der Waals surface area contributed by atoms with Crippen molar-refractivity contribution in [2.45, 2.75) is 26.7 Å². The lowest BCUT2D eigenvalue weighted by atomic mass is 9.97. The van der Waals surface area contributed by atoms with Gasteiger partial charge in [0, 0.05) is 12.2 Å². The summed E-state index contributed by atoms with van der Waals surface area (Å²) in [5, 5.41) is 6.97. The van der Waals surface area contributed by atoms with Crippen molar-refractivity contribution >= 4 is 29.0 Å². The Kier molecular flexibility index (Phi) is 8.09. The van der Waals surface area contributed by atoms with Gasteiger partial charge in [0.05, 0.1) is 12.2 Å². The number of hydrogen-bond donors (Lipinski definition) is 2. The Morgan fingerprint density at radius 3 is 2.58 bits per heavy atom. The largest absolute Gasteiger partial charge is 0.462 e. The Balaban J connectivity index is 1.86. The molecule has 0 aliphatic heterocycles. The molecule has 2 aromatic rings. The first-order valence-corrected chi connectivity index (χ1v) is 9.39. The van der Waals surface area contributed by atoms with Gasteiger partial charge in [-0.2, -0.15) is 0 Å². The van der Waals surface area contributed by atoms with Crippen molar-refractivity contribution < 1.29 is 9.53 Å². The number of anilines is 1. The van der Waals surface area contributed by atoms with Crippen LogP contribution in [0.15, 0.2) is 54.6 Å². The van der Waals surface area contributed by atoms with E-state index in [-0.39, 0.29) is 5.97 Å². The van der Waals surface area contributed by atoms with E-state index < -0.39 is 0 Å².